The van der Waals surface area contributed by atoms with E-state index in [2.05, 4.69) is 10.5 Å². The van der Waals surface area contributed by atoms with Crippen molar-refractivity contribution in [3.63, 3.8) is 0 Å². The summed E-state index contributed by atoms with van der Waals surface area (Å²) >= 11 is 0. The van der Waals surface area contributed by atoms with E-state index in [1.54, 1.807) is 13.0 Å². The molecule has 0 unspecified atom stereocenters. The molecule has 2 atom stereocenters. The molecule has 1 aromatic heterocycles. The van der Waals surface area contributed by atoms with Gasteiger partial charge in [-0.05, 0) is 19.3 Å². The number of carbonyl (C=O) groups excluding carboxylic acids is 2. The van der Waals surface area contributed by atoms with Crippen LogP contribution >= 0.6 is 12.4 Å². The topological polar surface area (TPSA) is 105 Å². The molecule has 0 bridgehead atoms. The first-order valence-electron chi connectivity index (χ1n) is 7.52. The average Bonchev–Trinajstić information content (AvgIpc) is 3.13. The molecule has 2 rings (SSSR count). The number of aryl methyl sites for hydroxylation is 1. The Balaban J connectivity index is 0.00000264. The van der Waals surface area contributed by atoms with Crippen LogP contribution < -0.4 is 11.1 Å². The second-order valence-electron chi connectivity index (χ2n) is 5.60. The fraction of sp³-hybridized carbons (Fsp3) is 0.643. The van der Waals surface area contributed by atoms with Gasteiger partial charge < -0.3 is 10.3 Å². The standard InChI is InChI=1S/C14H23N5O3.ClH/c1-4-9(2)12(15)13(20)18-6-5-7-19(18)14(21)16-11-8-10(3)22-17-11;/h8-9,12H,4-7,15H2,1-3H3,(H,16,17,21);1H/t9-,12-;/m0./s1. The first-order chi connectivity index (χ1) is 10.4. The summed E-state index contributed by atoms with van der Waals surface area (Å²) in [7, 11) is 0. The van der Waals surface area contributed by atoms with Crippen molar-refractivity contribution in [2.75, 3.05) is 18.4 Å². The van der Waals surface area contributed by atoms with Gasteiger partial charge in [0, 0.05) is 19.2 Å². The zero-order valence-electron chi connectivity index (χ0n) is 13.6. The maximum atomic E-state index is 12.5. The molecule has 0 aromatic carbocycles. The number of anilines is 1. The van der Waals surface area contributed by atoms with Gasteiger partial charge in [0.15, 0.2) is 5.82 Å². The molecule has 1 fully saturated rings. The second-order valence-corrected chi connectivity index (χ2v) is 5.60. The van der Waals surface area contributed by atoms with Crippen molar-refractivity contribution < 1.29 is 14.1 Å². The SMILES string of the molecule is CC[C@H](C)[C@H](N)C(=O)N1CCCN1C(=O)Nc1cc(C)on1.Cl. The molecular formula is C14H24ClN5O3. The van der Waals surface area contributed by atoms with E-state index in [-0.39, 0.29) is 24.2 Å². The number of hydrogen-bond donors (Lipinski definition) is 2. The average molecular weight is 346 g/mol. The van der Waals surface area contributed by atoms with E-state index in [9.17, 15) is 9.59 Å². The van der Waals surface area contributed by atoms with Crippen molar-refractivity contribution >= 4 is 30.2 Å². The van der Waals surface area contributed by atoms with E-state index < -0.39 is 12.1 Å². The first kappa shape index (κ1) is 19.2. The summed E-state index contributed by atoms with van der Waals surface area (Å²) in [6.45, 7) is 6.62. The van der Waals surface area contributed by atoms with Gasteiger partial charge in [0.2, 0.25) is 0 Å². The van der Waals surface area contributed by atoms with Crippen LogP contribution in [0.5, 0.6) is 0 Å². The van der Waals surface area contributed by atoms with Crippen LogP contribution in [0, 0.1) is 12.8 Å². The molecule has 3 N–H and O–H groups in total. The number of halogens is 1. The Bertz CT molecular complexity index is 550. The van der Waals surface area contributed by atoms with E-state index in [1.165, 1.54) is 10.0 Å². The van der Waals surface area contributed by atoms with Gasteiger partial charge in [-0.2, -0.15) is 0 Å². The van der Waals surface area contributed by atoms with Gasteiger partial charge in [-0.3, -0.25) is 10.1 Å². The number of nitrogens with one attached hydrogen (secondary N) is 1. The van der Waals surface area contributed by atoms with Crippen LogP contribution in [0.1, 0.15) is 32.4 Å². The summed E-state index contributed by atoms with van der Waals surface area (Å²) in [4.78, 5) is 24.8. The highest BCUT2D eigenvalue weighted by Gasteiger charge is 2.35. The molecule has 8 nitrogen and oxygen atoms in total. The fourth-order valence-corrected chi connectivity index (χ4v) is 2.32. The molecule has 3 amide bonds. The molecule has 0 aliphatic carbocycles. The maximum absolute atomic E-state index is 12.5. The van der Waals surface area contributed by atoms with Crippen molar-refractivity contribution in [3.05, 3.63) is 11.8 Å². The third-order valence-corrected chi connectivity index (χ3v) is 3.93. The van der Waals surface area contributed by atoms with Crippen LogP contribution in [0.25, 0.3) is 0 Å². The van der Waals surface area contributed by atoms with Crippen LogP contribution in [0.15, 0.2) is 10.6 Å². The molecule has 1 aliphatic heterocycles. The quantitative estimate of drug-likeness (QED) is 0.865. The lowest BCUT2D eigenvalue weighted by atomic mass is 9.99. The lowest BCUT2D eigenvalue weighted by Gasteiger charge is -2.31. The van der Waals surface area contributed by atoms with Crippen molar-refractivity contribution in [2.45, 2.75) is 39.7 Å². The number of nitrogens with two attached hydrogens (primary N) is 1. The van der Waals surface area contributed by atoms with Crippen LogP contribution in [-0.2, 0) is 4.79 Å². The number of urea groups is 1. The van der Waals surface area contributed by atoms with E-state index in [1.807, 2.05) is 13.8 Å². The minimum Gasteiger partial charge on any atom is -0.360 e. The third-order valence-electron chi connectivity index (χ3n) is 3.93. The van der Waals surface area contributed by atoms with Crippen molar-refractivity contribution in [3.8, 4) is 0 Å². The van der Waals surface area contributed by atoms with Crippen LogP contribution in [0.2, 0.25) is 0 Å². The summed E-state index contributed by atoms with van der Waals surface area (Å²) in [6.07, 6.45) is 1.54. The van der Waals surface area contributed by atoms with E-state index >= 15 is 0 Å². The Kier molecular flexibility index (Phi) is 6.83. The van der Waals surface area contributed by atoms with E-state index in [0.29, 0.717) is 24.7 Å². The highest BCUT2D eigenvalue weighted by atomic mass is 35.5. The number of hydrazine groups is 1. The zero-order chi connectivity index (χ0) is 16.3. The zero-order valence-corrected chi connectivity index (χ0v) is 14.4. The Morgan fingerprint density at radius 1 is 1.43 bits per heavy atom. The van der Waals surface area contributed by atoms with Crippen LogP contribution in [0.4, 0.5) is 10.6 Å². The number of nitrogens with zero attached hydrogens (tertiary/aromatic N) is 3. The van der Waals surface area contributed by atoms with Crippen molar-refractivity contribution in [1.82, 2.24) is 15.2 Å². The normalized spacial score (nSPS) is 16.7. The molecule has 1 aliphatic rings. The van der Waals surface area contributed by atoms with Gasteiger partial charge in [0.05, 0.1) is 6.04 Å². The van der Waals surface area contributed by atoms with E-state index in [0.717, 1.165) is 12.8 Å². The monoisotopic (exact) mass is 345 g/mol. The minimum absolute atomic E-state index is 0. The number of amides is 3. The minimum atomic E-state index is -0.604. The molecule has 130 valence electrons. The molecule has 0 spiro atoms. The smallest absolute Gasteiger partial charge is 0.341 e. The molecule has 23 heavy (non-hydrogen) atoms. The summed E-state index contributed by atoms with van der Waals surface area (Å²) in [6, 6.07) is 0.605. The van der Waals surface area contributed by atoms with Gasteiger partial charge in [0.25, 0.3) is 5.91 Å². The van der Waals surface area contributed by atoms with Crippen LogP contribution in [-0.4, -0.2) is 46.2 Å². The molecule has 9 heteroatoms. The van der Waals surface area contributed by atoms with Gasteiger partial charge >= 0.3 is 6.03 Å². The highest BCUT2D eigenvalue weighted by molar-refractivity contribution is 5.91. The largest absolute Gasteiger partial charge is 0.360 e. The Morgan fingerprint density at radius 3 is 2.65 bits per heavy atom. The number of hydrogen-bond acceptors (Lipinski definition) is 5. The fourth-order valence-electron chi connectivity index (χ4n) is 2.32. The molecule has 0 radical (unpaired) electrons. The van der Waals surface area contributed by atoms with E-state index in [4.69, 9.17) is 10.3 Å². The molecule has 1 saturated heterocycles. The number of aromatic nitrogens is 1. The van der Waals surface area contributed by atoms with Gasteiger partial charge in [-0.1, -0.05) is 25.4 Å². The maximum Gasteiger partial charge on any atom is 0.341 e. The van der Waals surface area contributed by atoms with Crippen LogP contribution in [0.3, 0.4) is 0 Å². The molecule has 2 heterocycles. The summed E-state index contributed by atoms with van der Waals surface area (Å²) < 4.78 is 4.90. The summed E-state index contributed by atoms with van der Waals surface area (Å²) in [5, 5.41) is 9.14. The molecule has 0 saturated carbocycles. The lowest BCUT2D eigenvalue weighted by molar-refractivity contribution is -0.142. The lowest BCUT2D eigenvalue weighted by Crippen LogP contribution is -2.53. The van der Waals surface area contributed by atoms with Crippen molar-refractivity contribution in [2.24, 2.45) is 11.7 Å². The second kappa shape index (κ2) is 8.16. The Labute approximate surface area is 141 Å². The Morgan fingerprint density at radius 2 is 2.09 bits per heavy atom. The number of rotatable bonds is 4. The van der Waals surface area contributed by atoms with Crippen molar-refractivity contribution in [1.29, 1.82) is 0 Å². The van der Waals surface area contributed by atoms with Gasteiger partial charge in [0.1, 0.15) is 5.76 Å². The van der Waals surface area contributed by atoms with Gasteiger partial charge in [-0.15, -0.1) is 12.4 Å². The predicted octanol–water partition coefficient (Wildman–Crippen LogP) is 1.76. The molecular weight excluding hydrogens is 322 g/mol. The first-order valence-corrected chi connectivity index (χ1v) is 7.52. The number of carbonyl (C=O) groups is 2. The predicted molar refractivity (Wildman–Crippen MR) is 88.0 cm³/mol. The van der Waals surface area contributed by atoms with Gasteiger partial charge in [-0.25, -0.2) is 14.8 Å². The third kappa shape index (κ3) is 4.35. The molecule has 1 aromatic rings. The summed E-state index contributed by atoms with van der Waals surface area (Å²) in [5.74, 6) is 0.769. The summed E-state index contributed by atoms with van der Waals surface area (Å²) in [5.41, 5.74) is 5.99. The Hall–Kier alpha value is -1.80. The highest BCUT2D eigenvalue weighted by Crippen LogP contribution is 2.17.